The van der Waals surface area contributed by atoms with Crippen LogP contribution in [0.25, 0.3) is 0 Å². The standard InChI is InChI=1S/C21H19BrFN3O/c22-16-9-15(10-17(23)11-16)21(27)25-19-7-4-8-20-18(19)12-24-26(20)13-14-5-2-1-3-6-14/h1-3,5-6,9-12,19H,4,7-8,13H2,(H,25,27). The van der Waals surface area contributed by atoms with Gasteiger partial charge in [-0.1, -0.05) is 46.3 Å². The molecule has 1 unspecified atom stereocenters. The van der Waals surface area contributed by atoms with E-state index in [1.807, 2.05) is 29.1 Å². The quantitative estimate of drug-likeness (QED) is 0.658. The molecule has 1 atom stereocenters. The Balaban J connectivity index is 1.54. The number of benzene rings is 2. The van der Waals surface area contributed by atoms with Crippen LogP contribution in [-0.2, 0) is 13.0 Å². The van der Waals surface area contributed by atoms with Crippen molar-refractivity contribution in [3.05, 3.63) is 87.4 Å². The third-order valence-corrected chi connectivity index (χ3v) is 5.33. The predicted octanol–water partition coefficient (Wildman–Crippen LogP) is 4.64. The molecule has 138 valence electrons. The van der Waals surface area contributed by atoms with Gasteiger partial charge in [-0.2, -0.15) is 5.10 Å². The molecule has 1 heterocycles. The van der Waals surface area contributed by atoms with E-state index in [0.29, 0.717) is 16.6 Å². The molecule has 1 aliphatic carbocycles. The Kier molecular flexibility index (Phi) is 5.07. The van der Waals surface area contributed by atoms with Crippen molar-refractivity contribution in [2.45, 2.75) is 31.8 Å². The number of hydrogen-bond donors (Lipinski definition) is 1. The summed E-state index contributed by atoms with van der Waals surface area (Å²) < 4.78 is 16.2. The maximum absolute atomic E-state index is 13.6. The first-order valence-corrected chi connectivity index (χ1v) is 9.75. The second-order valence-corrected chi connectivity index (χ2v) is 7.68. The molecule has 4 nitrogen and oxygen atoms in total. The van der Waals surface area contributed by atoms with Gasteiger partial charge in [0.25, 0.3) is 5.91 Å². The van der Waals surface area contributed by atoms with Gasteiger partial charge in [-0.25, -0.2) is 4.39 Å². The third kappa shape index (κ3) is 3.95. The van der Waals surface area contributed by atoms with Gasteiger partial charge in [0.2, 0.25) is 0 Å². The molecular weight excluding hydrogens is 409 g/mol. The largest absolute Gasteiger partial charge is 0.345 e. The molecule has 0 radical (unpaired) electrons. The fourth-order valence-electron chi connectivity index (χ4n) is 3.59. The number of rotatable bonds is 4. The summed E-state index contributed by atoms with van der Waals surface area (Å²) in [5.74, 6) is -0.710. The lowest BCUT2D eigenvalue weighted by Crippen LogP contribution is -2.31. The Morgan fingerprint density at radius 2 is 2.07 bits per heavy atom. The smallest absolute Gasteiger partial charge is 0.251 e. The topological polar surface area (TPSA) is 46.9 Å². The predicted molar refractivity (Wildman–Crippen MR) is 105 cm³/mol. The van der Waals surface area contributed by atoms with E-state index in [-0.39, 0.29) is 11.9 Å². The Bertz CT molecular complexity index is 951. The number of carbonyl (C=O) groups excluding carboxylic acids is 1. The summed E-state index contributed by atoms with van der Waals surface area (Å²) in [6.07, 6.45) is 4.63. The lowest BCUT2D eigenvalue weighted by atomic mass is 9.92. The highest BCUT2D eigenvalue weighted by atomic mass is 79.9. The highest BCUT2D eigenvalue weighted by Crippen LogP contribution is 2.30. The van der Waals surface area contributed by atoms with Crippen LogP contribution in [0.15, 0.2) is 59.2 Å². The first kappa shape index (κ1) is 17.9. The minimum absolute atomic E-state index is 0.104. The molecule has 0 aliphatic heterocycles. The Hall–Kier alpha value is -2.47. The minimum Gasteiger partial charge on any atom is -0.345 e. The monoisotopic (exact) mass is 427 g/mol. The Morgan fingerprint density at radius 3 is 2.85 bits per heavy atom. The molecular formula is C21H19BrFN3O. The first-order valence-electron chi connectivity index (χ1n) is 8.95. The number of hydrogen-bond acceptors (Lipinski definition) is 2. The highest BCUT2D eigenvalue weighted by Gasteiger charge is 2.26. The maximum Gasteiger partial charge on any atom is 0.251 e. The van der Waals surface area contributed by atoms with Gasteiger partial charge in [-0.05, 0) is 43.0 Å². The molecule has 1 amide bonds. The number of nitrogens with zero attached hydrogens (tertiary/aromatic N) is 2. The average molecular weight is 428 g/mol. The Morgan fingerprint density at radius 1 is 1.26 bits per heavy atom. The lowest BCUT2D eigenvalue weighted by molar-refractivity contribution is 0.0932. The summed E-state index contributed by atoms with van der Waals surface area (Å²) in [5, 5.41) is 7.59. The second-order valence-electron chi connectivity index (χ2n) is 6.77. The molecule has 0 spiro atoms. The van der Waals surface area contributed by atoms with Gasteiger partial charge >= 0.3 is 0 Å². The number of carbonyl (C=O) groups is 1. The summed E-state index contributed by atoms with van der Waals surface area (Å²) in [5.41, 5.74) is 3.72. The van der Waals surface area contributed by atoms with Crippen LogP contribution >= 0.6 is 15.9 Å². The van der Waals surface area contributed by atoms with Gasteiger partial charge in [-0.3, -0.25) is 9.48 Å². The van der Waals surface area contributed by atoms with Crippen LogP contribution in [-0.4, -0.2) is 15.7 Å². The zero-order chi connectivity index (χ0) is 18.8. The average Bonchev–Trinajstić information content (AvgIpc) is 3.06. The number of aromatic nitrogens is 2. The van der Waals surface area contributed by atoms with Crippen molar-refractivity contribution in [2.75, 3.05) is 0 Å². The van der Waals surface area contributed by atoms with Crippen LogP contribution in [0.1, 0.15) is 46.1 Å². The number of fused-ring (bicyclic) bond motifs is 1. The molecule has 1 N–H and O–H groups in total. The summed E-state index contributed by atoms with van der Waals surface area (Å²) in [7, 11) is 0. The van der Waals surface area contributed by atoms with Crippen LogP contribution < -0.4 is 5.32 Å². The SMILES string of the molecule is O=C(NC1CCCc2c1cnn2Cc1ccccc1)c1cc(F)cc(Br)c1. The number of halogens is 2. The van der Waals surface area contributed by atoms with E-state index in [1.54, 1.807) is 6.07 Å². The van der Waals surface area contributed by atoms with Crippen molar-refractivity contribution in [3.8, 4) is 0 Å². The van der Waals surface area contributed by atoms with E-state index in [1.165, 1.54) is 17.7 Å². The molecule has 0 saturated heterocycles. The van der Waals surface area contributed by atoms with E-state index in [9.17, 15) is 9.18 Å². The fraction of sp³-hybridized carbons (Fsp3) is 0.238. The summed E-state index contributed by atoms with van der Waals surface area (Å²) in [4.78, 5) is 12.6. The molecule has 6 heteroatoms. The van der Waals surface area contributed by atoms with Crippen LogP contribution in [0, 0.1) is 5.82 Å². The zero-order valence-corrected chi connectivity index (χ0v) is 16.2. The van der Waals surface area contributed by atoms with Crippen LogP contribution in [0.2, 0.25) is 0 Å². The van der Waals surface area contributed by atoms with Gasteiger partial charge in [-0.15, -0.1) is 0 Å². The summed E-state index contributed by atoms with van der Waals surface area (Å²) in [6.45, 7) is 0.716. The van der Waals surface area contributed by atoms with Gasteiger partial charge < -0.3 is 5.32 Å². The minimum atomic E-state index is -0.436. The summed E-state index contributed by atoms with van der Waals surface area (Å²) in [6, 6.07) is 14.3. The number of amides is 1. The van der Waals surface area contributed by atoms with Crippen molar-refractivity contribution in [3.63, 3.8) is 0 Å². The van der Waals surface area contributed by atoms with E-state index < -0.39 is 5.82 Å². The van der Waals surface area contributed by atoms with Gasteiger partial charge in [0.15, 0.2) is 0 Å². The molecule has 0 fully saturated rings. The molecule has 1 aromatic heterocycles. The van der Waals surface area contributed by atoms with E-state index in [2.05, 4.69) is 38.5 Å². The van der Waals surface area contributed by atoms with E-state index >= 15 is 0 Å². The third-order valence-electron chi connectivity index (χ3n) is 4.87. The molecule has 0 saturated carbocycles. The summed E-state index contributed by atoms with van der Waals surface area (Å²) >= 11 is 3.23. The number of nitrogens with one attached hydrogen (secondary N) is 1. The van der Waals surface area contributed by atoms with E-state index in [0.717, 1.165) is 30.5 Å². The fourth-order valence-corrected chi connectivity index (χ4v) is 4.05. The molecule has 2 aromatic carbocycles. The molecule has 4 rings (SSSR count). The molecule has 1 aliphatic rings. The van der Waals surface area contributed by atoms with Crippen molar-refractivity contribution in [1.29, 1.82) is 0 Å². The first-order chi connectivity index (χ1) is 13.1. The maximum atomic E-state index is 13.6. The van der Waals surface area contributed by atoms with Crippen LogP contribution in [0.5, 0.6) is 0 Å². The van der Waals surface area contributed by atoms with E-state index in [4.69, 9.17) is 0 Å². The second kappa shape index (κ2) is 7.64. The molecule has 3 aromatic rings. The van der Waals surface area contributed by atoms with Crippen molar-refractivity contribution in [2.24, 2.45) is 0 Å². The van der Waals surface area contributed by atoms with Crippen LogP contribution in [0.4, 0.5) is 4.39 Å². The zero-order valence-electron chi connectivity index (χ0n) is 14.7. The van der Waals surface area contributed by atoms with Crippen molar-refractivity contribution < 1.29 is 9.18 Å². The van der Waals surface area contributed by atoms with Gasteiger partial charge in [0.1, 0.15) is 5.82 Å². The molecule has 0 bridgehead atoms. The van der Waals surface area contributed by atoms with Gasteiger partial charge in [0, 0.05) is 21.3 Å². The highest BCUT2D eigenvalue weighted by molar-refractivity contribution is 9.10. The molecule has 27 heavy (non-hydrogen) atoms. The Labute approximate surface area is 165 Å². The van der Waals surface area contributed by atoms with Crippen molar-refractivity contribution in [1.82, 2.24) is 15.1 Å². The van der Waals surface area contributed by atoms with Gasteiger partial charge in [0.05, 0.1) is 18.8 Å². The lowest BCUT2D eigenvalue weighted by Gasteiger charge is -2.24. The van der Waals surface area contributed by atoms with Crippen LogP contribution in [0.3, 0.4) is 0 Å². The van der Waals surface area contributed by atoms with Crippen molar-refractivity contribution >= 4 is 21.8 Å². The normalized spacial score (nSPS) is 16.0.